The summed E-state index contributed by atoms with van der Waals surface area (Å²) in [5.41, 5.74) is -0.277. The minimum absolute atomic E-state index is 0.0383. The van der Waals surface area contributed by atoms with Gasteiger partial charge in [0.25, 0.3) is 5.91 Å². The number of aromatic nitrogens is 1. The van der Waals surface area contributed by atoms with E-state index in [-0.39, 0.29) is 16.7 Å². The molecule has 4 fully saturated rings. The van der Waals surface area contributed by atoms with Crippen LogP contribution in [0.1, 0.15) is 76.8 Å². The number of nitrogens with one attached hydrogen (secondary N) is 1. The summed E-state index contributed by atoms with van der Waals surface area (Å²) in [6, 6.07) is 0.292. The molecular weight excluding hydrogens is 500 g/mol. The van der Waals surface area contributed by atoms with Crippen molar-refractivity contribution >= 4 is 34.3 Å². The van der Waals surface area contributed by atoms with Crippen molar-refractivity contribution in [1.29, 1.82) is 0 Å². The molecule has 5 aliphatic rings. The fourth-order valence-electron chi connectivity index (χ4n) is 9.54. The van der Waals surface area contributed by atoms with E-state index in [1.165, 1.54) is 24.2 Å². The van der Waals surface area contributed by atoms with Crippen LogP contribution < -0.4 is 5.32 Å². The van der Waals surface area contributed by atoms with Crippen molar-refractivity contribution in [1.82, 2.24) is 14.8 Å². The van der Waals surface area contributed by atoms with Gasteiger partial charge >= 0.3 is 5.97 Å². The number of hydrogen-bond donors (Lipinski definition) is 2. The van der Waals surface area contributed by atoms with E-state index < -0.39 is 17.4 Å². The van der Waals surface area contributed by atoms with Crippen molar-refractivity contribution < 1.29 is 19.5 Å². The Hall–Kier alpha value is -2.26. The lowest BCUT2D eigenvalue weighted by molar-refractivity contribution is -0.153. The van der Waals surface area contributed by atoms with Gasteiger partial charge in [-0.2, -0.15) is 0 Å². The predicted octanol–water partition coefficient (Wildman–Crippen LogP) is 4.35. The third-order valence-corrected chi connectivity index (χ3v) is 12.4. The first-order valence-electron chi connectivity index (χ1n) is 14.2. The normalized spacial score (nSPS) is 42.5. The molecule has 0 radical (unpaired) electrons. The lowest BCUT2D eigenvalue weighted by atomic mass is 9.47. The number of amides is 2. The zero-order chi connectivity index (χ0) is 27.0. The van der Waals surface area contributed by atoms with Crippen LogP contribution in [0.3, 0.4) is 0 Å². The molecule has 8 atom stereocenters. The van der Waals surface area contributed by atoms with Gasteiger partial charge in [-0.15, -0.1) is 11.3 Å². The molecule has 3 aliphatic carbocycles. The van der Waals surface area contributed by atoms with E-state index in [2.05, 4.69) is 30.6 Å². The van der Waals surface area contributed by atoms with Crippen LogP contribution in [0.5, 0.6) is 0 Å². The Kier molecular flexibility index (Phi) is 6.07. The fourth-order valence-corrected chi connectivity index (χ4v) is 10.3. The summed E-state index contributed by atoms with van der Waals surface area (Å²) in [6.07, 6.45) is 11.8. The van der Waals surface area contributed by atoms with Gasteiger partial charge in [0.1, 0.15) is 0 Å². The van der Waals surface area contributed by atoms with Crippen LogP contribution in [0, 0.1) is 28.6 Å². The van der Waals surface area contributed by atoms with E-state index in [1.807, 2.05) is 11.9 Å². The molecule has 0 spiro atoms. The van der Waals surface area contributed by atoms with E-state index in [1.54, 1.807) is 18.0 Å². The maximum absolute atomic E-state index is 13.2. The first kappa shape index (κ1) is 26.0. The number of thiazole rings is 1. The molecule has 6 rings (SSSR count). The van der Waals surface area contributed by atoms with Gasteiger partial charge in [0.05, 0.1) is 5.69 Å². The number of likely N-dealkylation sites (N-methyl/N-ethyl adjacent to an activating group) is 2. The van der Waals surface area contributed by atoms with E-state index in [9.17, 15) is 19.5 Å². The highest BCUT2D eigenvalue weighted by atomic mass is 32.1. The summed E-state index contributed by atoms with van der Waals surface area (Å²) in [5.74, 6) is 0.755. The van der Waals surface area contributed by atoms with Gasteiger partial charge in [0.2, 0.25) is 5.91 Å². The number of aliphatic carboxylic acids is 1. The molecule has 206 valence electrons. The number of carboxylic acids is 1. The summed E-state index contributed by atoms with van der Waals surface area (Å²) in [6.45, 7) is 5.43. The Bertz CT molecular complexity index is 1200. The third-order valence-electron chi connectivity index (χ3n) is 11.6. The van der Waals surface area contributed by atoms with Gasteiger partial charge in [-0.25, -0.2) is 9.78 Å². The monoisotopic (exact) mass is 540 g/mol. The average molecular weight is 541 g/mol. The molecule has 0 aromatic carbocycles. The molecule has 1 aromatic heterocycles. The maximum atomic E-state index is 13.2. The van der Waals surface area contributed by atoms with Gasteiger partial charge in [-0.3, -0.25) is 19.8 Å². The van der Waals surface area contributed by atoms with Gasteiger partial charge in [-0.05, 0) is 94.2 Å². The van der Waals surface area contributed by atoms with Crippen LogP contribution in [-0.4, -0.2) is 69.9 Å². The standard InChI is InChI=1S/C29H40N4O4S/c1-27-13-10-19-17(6-9-22-28(19,2)14-11-23(34)33(22)4)18(27)7-8-20(27)21-16-38-26(30-21)31-24(35)29(25(36)37)12-5-15-32(29)3/h11,14,16-20,22H,5-10,12-13,15H2,1-4H3,(H,36,37)(H,30,31,35)/t17-,18-,19+,20?,22?,27-,28+,29-/m0/s1. The van der Waals surface area contributed by atoms with Crippen molar-refractivity contribution in [3.8, 4) is 0 Å². The van der Waals surface area contributed by atoms with Crippen molar-refractivity contribution in [2.75, 3.05) is 26.0 Å². The summed E-state index contributed by atoms with van der Waals surface area (Å²) < 4.78 is 0. The number of hydrogen-bond acceptors (Lipinski definition) is 6. The minimum Gasteiger partial charge on any atom is -0.479 e. The van der Waals surface area contributed by atoms with Crippen LogP contribution in [0.2, 0.25) is 0 Å². The summed E-state index contributed by atoms with van der Waals surface area (Å²) >= 11 is 1.41. The molecule has 0 bridgehead atoms. The SMILES string of the molecule is CN1C(=O)C=C[C@@]2(C)C1CC[C@@H]1[C@H]2CC[C@]2(C)C(c3csc(NC(=O)[C@]4(C(=O)O)CCCN4C)n3)CC[C@@H]12. The van der Waals surface area contributed by atoms with E-state index in [4.69, 9.17) is 4.98 Å². The zero-order valence-electron chi connectivity index (χ0n) is 22.9. The molecule has 2 unspecified atom stereocenters. The van der Waals surface area contributed by atoms with Crippen LogP contribution in [0.4, 0.5) is 5.13 Å². The van der Waals surface area contributed by atoms with Gasteiger partial charge in [0, 0.05) is 29.8 Å². The topological polar surface area (TPSA) is 103 Å². The predicted molar refractivity (Wildman–Crippen MR) is 146 cm³/mol. The van der Waals surface area contributed by atoms with Crippen LogP contribution >= 0.6 is 11.3 Å². The Morgan fingerprint density at radius 2 is 1.89 bits per heavy atom. The second-order valence-electron chi connectivity index (χ2n) is 13.0. The smallest absolute Gasteiger partial charge is 0.333 e. The highest BCUT2D eigenvalue weighted by Gasteiger charge is 2.61. The number of carboxylic acid groups (broad SMARTS) is 1. The molecule has 8 nitrogen and oxygen atoms in total. The molecular formula is C29H40N4O4S. The second-order valence-corrected chi connectivity index (χ2v) is 13.9. The fraction of sp³-hybridized carbons (Fsp3) is 0.724. The van der Waals surface area contributed by atoms with E-state index >= 15 is 0 Å². The lowest BCUT2D eigenvalue weighted by Crippen LogP contribution is -2.59. The number of carbonyl (C=O) groups excluding carboxylic acids is 2. The Labute approximate surface area is 228 Å². The first-order chi connectivity index (χ1) is 18.0. The number of likely N-dealkylation sites (tertiary alicyclic amines) is 1. The van der Waals surface area contributed by atoms with Crippen molar-refractivity contribution in [2.24, 2.45) is 28.6 Å². The molecule has 1 saturated heterocycles. The van der Waals surface area contributed by atoms with Crippen molar-refractivity contribution in [3.05, 3.63) is 23.2 Å². The number of nitrogens with zero attached hydrogens (tertiary/aromatic N) is 3. The molecule has 1 aromatic rings. The van der Waals surface area contributed by atoms with Crippen LogP contribution in [-0.2, 0) is 14.4 Å². The largest absolute Gasteiger partial charge is 0.479 e. The Balaban J connectivity index is 1.21. The molecule has 9 heteroatoms. The second kappa shape index (κ2) is 8.88. The number of fused-ring (bicyclic) bond motifs is 5. The van der Waals surface area contributed by atoms with Crippen LogP contribution in [0.15, 0.2) is 17.5 Å². The third kappa shape index (κ3) is 3.49. The van der Waals surface area contributed by atoms with Crippen molar-refractivity contribution in [2.45, 2.75) is 82.7 Å². The van der Waals surface area contributed by atoms with E-state index in [0.717, 1.165) is 31.4 Å². The molecule has 2 amide bonds. The minimum atomic E-state index is -1.52. The molecule has 3 saturated carbocycles. The average Bonchev–Trinajstić information content (AvgIpc) is 3.58. The maximum Gasteiger partial charge on any atom is 0.333 e. The molecule has 38 heavy (non-hydrogen) atoms. The summed E-state index contributed by atoms with van der Waals surface area (Å²) in [4.78, 5) is 46.1. The quantitative estimate of drug-likeness (QED) is 0.551. The van der Waals surface area contributed by atoms with Gasteiger partial charge < -0.3 is 10.0 Å². The first-order valence-corrected chi connectivity index (χ1v) is 15.1. The Morgan fingerprint density at radius 1 is 1.11 bits per heavy atom. The zero-order valence-corrected chi connectivity index (χ0v) is 23.7. The molecule has 2 N–H and O–H groups in total. The summed E-state index contributed by atoms with van der Waals surface area (Å²) in [7, 11) is 3.67. The van der Waals surface area contributed by atoms with E-state index in [0.29, 0.717) is 54.2 Å². The summed E-state index contributed by atoms with van der Waals surface area (Å²) in [5, 5.41) is 15.3. The van der Waals surface area contributed by atoms with Gasteiger partial charge in [0.15, 0.2) is 10.7 Å². The Morgan fingerprint density at radius 3 is 2.61 bits per heavy atom. The lowest BCUT2D eigenvalue weighted by Gasteiger charge is -2.60. The van der Waals surface area contributed by atoms with Crippen LogP contribution in [0.25, 0.3) is 0 Å². The number of rotatable bonds is 4. The number of anilines is 1. The van der Waals surface area contributed by atoms with Gasteiger partial charge in [-0.1, -0.05) is 19.9 Å². The number of carbonyl (C=O) groups is 3. The highest BCUT2D eigenvalue weighted by molar-refractivity contribution is 7.14. The molecule has 2 aliphatic heterocycles. The van der Waals surface area contributed by atoms with Crippen molar-refractivity contribution in [3.63, 3.8) is 0 Å². The highest BCUT2D eigenvalue weighted by Crippen LogP contribution is 2.67. The molecule has 3 heterocycles.